The van der Waals surface area contributed by atoms with Crippen LogP contribution in [0.2, 0.25) is 0 Å². The number of nitrogens with zero attached hydrogens (tertiary/aromatic N) is 2. The minimum absolute atomic E-state index is 0.905. The predicted octanol–water partition coefficient (Wildman–Crippen LogP) is 3.56. The molecule has 1 aliphatic rings. The highest BCUT2D eigenvalue weighted by atomic mass is 32.1. The van der Waals surface area contributed by atoms with Gasteiger partial charge in [0, 0.05) is 18.3 Å². The summed E-state index contributed by atoms with van der Waals surface area (Å²) in [7, 11) is 2.05. The lowest BCUT2D eigenvalue weighted by Gasteiger charge is -2.31. The first-order valence-electron chi connectivity index (χ1n) is 8.67. The topological polar surface area (TPSA) is 28.2 Å². The number of piperidine rings is 1. The number of benzene rings is 1. The Balaban J connectivity index is 1.46. The number of hydrogen-bond acceptors (Lipinski definition) is 4. The van der Waals surface area contributed by atoms with Gasteiger partial charge in [-0.25, -0.2) is 4.98 Å². The standard InChI is InChI=1S/C19H27N3S/c1-20-10-7-16-8-11-22(12-9-16)14-18-15-23-19(21-18)13-17-5-3-2-4-6-17/h2-6,15-16,20H,7-14H2,1H3. The third-order valence-corrected chi connectivity index (χ3v) is 5.59. The highest BCUT2D eigenvalue weighted by Gasteiger charge is 2.19. The van der Waals surface area contributed by atoms with Gasteiger partial charge in [-0.1, -0.05) is 30.3 Å². The summed E-state index contributed by atoms with van der Waals surface area (Å²) in [6, 6.07) is 10.6. The molecule has 3 rings (SSSR count). The molecule has 0 saturated carbocycles. The molecule has 23 heavy (non-hydrogen) atoms. The molecule has 0 amide bonds. The largest absolute Gasteiger partial charge is 0.320 e. The summed E-state index contributed by atoms with van der Waals surface area (Å²) in [4.78, 5) is 7.40. The Morgan fingerprint density at radius 2 is 2.00 bits per heavy atom. The monoisotopic (exact) mass is 329 g/mol. The van der Waals surface area contributed by atoms with E-state index in [0.717, 1.165) is 25.4 Å². The van der Waals surface area contributed by atoms with Gasteiger partial charge >= 0.3 is 0 Å². The number of thiazole rings is 1. The van der Waals surface area contributed by atoms with E-state index in [1.165, 1.54) is 48.6 Å². The zero-order chi connectivity index (χ0) is 15.9. The third kappa shape index (κ3) is 5.13. The zero-order valence-corrected chi connectivity index (χ0v) is 14.8. The Labute approximate surface area is 143 Å². The average Bonchev–Trinajstić information content (AvgIpc) is 3.02. The molecule has 0 spiro atoms. The van der Waals surface area contributed by atoms with Crippen LogP contribution in [0.4, 0.5) is 0 Å². The van der Waals surface area contributed by atoms with Crippen LogP contribution in [0.5, 0.6) is 0 Å². The molecule has 2 aromatic rings. The van der Waals surface area contributed by atoms with Gasteiger partial charge in [-0.2, -0.15) is 0 Å². The maximum absolute atomic E-state index is 4.84. The maximum atomic E-state index is 4.84. The second-order valence-electron chi connectivity index (χ2n) is 6.51. The molecule has 1 fully saturated rings. The van der Waals surface area contributed by atoms with Crippen molar-refractivity contribution in [3.63, 3.8) is 0 Å². The fourth-order valence-corrected chi connectivity index (χ4v) is 4.10. The van der Waals surface area contributed by atoms with Gasteiger partial charge in [0.1, 0.15) is 0 Å². The van der Waals surface area contributed by atoms with E-state index in [4.69, 9.17) is 4.98 Å². The van der Waals surface area contributed by atoms with E-state index < -0.39 is 0 Å². The van der Waals surface area contributed by atoms with E-state index in [1.54, 1.807) is 11.3 Å². The molecular weight excluding hydrogens is 302 g/mol. The highest BCUT2D eigenvalue weighted by molar-refractivity contribution is 7.09. The van der Waals surface area contributed by atoms with Gasteiger partial charge < -0.3 is 5.32 Å². The van der Waals surface area contributed by atoms with Crippen LogP contribution in [0, 0.1) is 5.92 Å². The van der Waals surface area contributed by atoms with Gasteiger partial charge in [0.15, 0.2) is 0 Å². The Kier molecular flexibility index (Phi) is 6.20. The van der Waals surface area contributed by atoms with E-state index in [2.05, 4.69) is 45.9 Å². The lowest BCUT2D eigenvalue weighted by Crippen LogP contribution is -2.34. The summed E-state index contributed by atoms with van der Waals surface area (Å²) in [6.07, 6.45) is 4.95. The van der Waals surface area contributed by atoms with Gasteiger partial charge in [0.2, 0.25) is 0 Å². The summed E-state index contributed by atoms with van der Waals surface area (Å²) >= 11 is 1.80. The van der Waals surface area contributed by atoms with Crippen LogP contribution in [0.3, 0.4) is 0 Å². The van der Waals surface area contributed by atoms with Crippen molar-refractivity contribution in [3.05, 3.63) is 52.0 Å². The van der Waals surface area contributed by atoms with E-state index in [1.807, 2.05) is 7.05 Å². The summed E-state index contributed by atoms with van der Waals surface area (Å²) in [5.41, 5.74) is 2.59. The highest BCUT2D eigenvalue weighted by Crippen LogP contribution is 2.22. The molecule has 1 saturated heterocycles. The van der Waals surface area contributed by atoms with Crippen molar-refractivity contribution in [1.29, 1.82) is 0 Å². The van der Waals surface area contributed by atoms with Crippen molar-refractivity contribution < 1.29 is 0 Å². The number of aromatic nitrogens is 1. The number of likely N-dealkylation sites (tertiary alicyclic amines) is 1. The van der Waals surface area contributed by atoms with Crippen molar-refractivity contribution in [2.45, 2.75) is 32.2 Å². The number of nitrogens with one attached hydrogen (secondary N) is 1. The van der Waals surface area contributed by atoms with Gasteiger partial charge in [-0.3, -0.25) is 4.90 Å². The molecule has 4 heteroatoms. The van der Waals surface area contributed by atoms with E-state index in [-0.39, 0.29) is 0 Å². The van der Waals surface area contributed by atoms with Crippen molar-refractivity contribution >= 4 is 11.3 Å². The van der Waals surface area contributed by atoms with Crippen LogP contribution in [0.15, 0.2) is 35.7 Å². The second-order valence-corrected chi connectivity index (χ2v) is 7.45. The lowest BCUT2D eigenvalue weighted by molar-refractivity contribution is 0.171. The Hall–Kier alpha value is -1.23. The summed E-state index contributed by atoms with van der Waals surface area (Å²) in [5.74, 6) is 0.905. The first kappa shape index (κ1) is 16.6. The van der Waals surface area contributed by atoms with Crippen LogP contribution in [-0.2, 0) is 13.0 Å². The van der Waals surface area contributed by atoms with Crippen LogP contribution in [0.1, 0.15) is 35.5 Å². The molecule has 1 aromatic heterocycles. The molecule has 124 valence electrons. The van der Waals surface area contributed by atoms with Crippen LogP contribution in [-0.4, -0.2) is 36.6 Å². The molecule has 0 unspecified atom stereocenters. The van der Waals surface area contributed by atoms with Gasteiger partial charge in [-0.15, -0.1) is 11.3 Å². The molecule has 0 atom stereocenters. The number of rotatable bonds is 7. The van der Waals surface area contributed by atoms with Crippen molar-refractivity contribution in [2.75, 3.05) is 26.7 Å². The third-order valence-electron chi connectivity index (χ3n) is 4.69. The quantitative estimate of drug-likeness (QED) is 0.842. The van der Waals surface area contributed by atoms with Crippen molar-refractivity contribution in [1.82, 2.24) is 15.2 Å². The first-order chi connectivity index (χ1) is 11.3. The van der Waals surface area contributed by atoms with Crippen LogP contribution in [0.25, 0.3) is 0 Å². The van der Waals surface area contributed by atoms with Crippen molar-refractivity contribution in [3.8, 4) is 0 Å². The van der Waals surface area contributed by atoms with Crippen LogP contribution >= 0.6 is 11.3 Å². The molecular formula is C19H27N3S. The zero-order valence-electron chi connectivity index (χ0n) is 14.0. The minimum atomic E-state index is 0.905. The fourth-order valence-electron chi connectivity index (χ4n) is 3.28. The molecule has 3 nitrogen and oxygen atoms in total. The maximum Gasteiger partial charge on any atom is 0.0972 e. The number of hydrogen-bond donors (Lipinski definition) is 1. The van der Waals surface area contributed by atoms with E-state index in [0.29, 0.717) is 0 Å². The Morgan fingerprint density at radius 1 is 1.22 bits per heavy atom. The first-order valence-corrected chi connectivity index (χ1v) is 9.55. The van der Waals surface area contributed by atoms with Gasteiger partial charge in [0.05, 0.1) is 10.7 Å². The molecule has 0 radical (unpaired) electrons. The van der Waals surface area contributed by atoms with Gasteiger partial charge in [-0.05, 0) is 57.4 Å². The average molecular weight is 330 g/mol. The molecule has 1 N–H and O–H groups in total. The molecule has 2 heterocycles. The smallest absolute Gasteiger partial charge is 0.0972 e. The Bertz CT molecular complexity index is 573. The summed E-state index contributed by atoms with van der Waals surface area (Å²) in [5, 5.41) is 6.74. The summed E-state index contributed by atoms with van der Waals surface area (Å²) < 4.78 is 0. The predicted molar refractivity (Wildman–Crippen MR) is 97.9 cm³/mol. The molecule has 0 aliphatic carbocycles. The lowest BCUT2D eigenvalue weighted by atomic mass is 9.93. The molecule has 0 bridgehead atoms. The molecule has 1 aromatic carbocycles. The fraction of sp³-hybridized carbons (Fsp3) is 0.526. The minimum Gasteiger partial charge on any atom is -0.320 e. The molecule has 1 aliphatic heterocycles. The summed E-state index contributed by atoms with van der Waals surface area (Å²) in [6.45, 7) is 4.61. The van der Waals surface area contributed by atoms with Crippen LogP contribution < -0.4 is 5.32 Å². The van der Waals surface area contributed by atoms with E-state index in [9.17, 15) is 0 Å². The van der Waals surface area contributed by atoms with E-state index >= 15 is 0 Å². The normalized spacial score (nSPS) is 16.7. The Morgan fingerprint density at radius 3 is 2.74 bits per heavy atom. The SMILES string of the molecule is CNCCC1CCN(Cc2csc(Cc3ccccc3)n2)CC1. The van der Waals surface area contributed by atoms with Crippen molar-refractivity contribution in [2.24, 2.45) is 5.92 Å². The van der Waals surface area contributed by atoms with Gasteiger partial charge in [0.25, 0.3) is 0 Å². The second kappa shape index (κ2) is 8.57.